The van der Waals surface area contributed by atoms with Gasteiger partial charge in [-0.3, -0.25) is 4.79 Å². The second kappa shape index (κ2) is 9.78. The van der Waals surface area contributed by atoms with Gasteiger partial charge in [-0.2, -0.15) is 10.1 Å². The Hall–Kier alpha value is -4.14. The average Bonchev–Trinajstić information content (AvgIpc) is 3.33. The van der Waals surface area contributed by atoms with Gasteiger partial charge in [0.2, 0.25) is 17.5 Å². The highest BCUT2D eigenvalue weighted by atomic mass is 16.5. The lowest BCUT2D eigenvalue weighted by Gasteiger charge is -2.12. The van der Waals surface area contributed by atoms with Gasteiger partial charge in [-0.05, 0) is 49.2 Å². The van der Waals surface area contributed by atoms with Crippen LogP contribution in [0.3, 0.4) is 0 Å². The minimum absolute atomic E-state index is 0.197. The van der Waals surface area contributed by atoms with Crippen molar-refractivity contribution in [1.82, 2.24) is 19.9 Å². The molecule has 0 atom stereocenters. The molecular formula is C25H26N4O5. The number of benzene rings is 2. The SMILES string of the molecule is COc1cc(-c2noc(CCn3nc(-c4ccc(C)c(C)c4)ccc3=O)n2)cc(OC)c1OC. The molecule has 0 amide bonds. The Balaban J connectivity index is 1.55. The van der Waals surface area contributed by atoms with Crippen LogP contribution in [-0.2, 0) is 13.0 Å². The van der Waals surface area contributed by atoms with Crippen LogP contribution in [0.5, 0.6) is 17.2 Å². The molecule has 176 valence electrons. The first-order chi connectivity index (χ1) is 16.4. The number of ether oxygens (including phenoxy) is 3. The lowest BCUT2D eigenvalue weighted by atomic mass is 10.0. The standard InChI is InChI=1S/C25H26N4O5/c1-15-6-7-17(12-16(15)2)19-8-9-23(30)29(27-19)11-10-22-26-25(28-34-22)18-13-20(31-3)24(33-5)21(14-18)32-4/h6-9,12-14H,10-11H2,1-5H3. The molecule has 0 unspecified atom stereocenters. The van der Waals surface area contributed by atoms with Crippen molar-refractivity contribution in [3.8, 4) is 39.9 Å². The van der Waals surface area contributed by atoms with E-state index in [1.807, 2.05) is 12.1 Å². The Bertz CT molecular complexity index is 1350. The van der Waals surface area contributed by atoms with Gasteiger partial charge >= 0.3 is 0 Å². The van der Waals surface area contributed by atoms with Crippen LogP contribution in [0.25, 0.3) is 22.6 Å². The van der Waals surface area contributed by atoms with E-state index in [4.69, 9.17) is 18.7 Å². The molecule has 0 aliphatic carbocycles. The Morgan fingerprint density at radius 1 is 0.882 bits per heavy atom. The number of hydrogen-bond acceptors (Lipinski definition) is 8. The predicted octanol–water partition coefficient (Wildman–Crippen LogP) is 3.85. The summed E-state index contributed by atoms with van der Waals surface area (Å²) in [6.07, 6.45) is 0.348. The van der Waals surface area contributed by atoms with Crippen molar-refractivity contribution in [2.24, 2.45) is 0 Å². The van der Waals surface area contributed by atoms with Crippen LogP contribution in [0.1, 0.15) is 17.0 Å². The summed E-state index contributed by atoms with van der Waals surface area (Å²) >= 11 is 0. The van der Waals surface area contributed by atoms with Crippen LogP contribution in [0, 0.1) is 13.8 Å². The Labute approximate surface area is 196 Å². The molecule has 0 spiro atoms. The van der Waals surface area contributed by atoms with Crippen LogP contribution >= 0.6 is 0 Å². The number of aromatic nitrogens is 4. The molecule has 4 aromatic rings. The van der Waals surface area contributed by atoms with Gasteiger partial charge in [0, 0.05) is 23.6 Å². The third-order valence-corrected chi connectivity index (χ3v) is 5.60. The van der Waals surface area contributed by atoms with Gasteiger partial charge < -0.3 is 18.7 Å². The monoisotopic (exact) mass is 462 g/mol. The topological polar surface area (TPSA) is 102 Å². The lowest BCUT2D eigenvalue weighted by molar-refractivity contribution is 0.324. The number of methoxy groups -OCH3 is 3. The Kier molecular flexibility index (Phi) is 6.62. The Morgan fingerprint density at radius 2 is 1.62 bits per heavy atom. The summed E-state index contributed by atoms with van der Waals surface area (Å²) in [5, 5.41) is 8.59. The summed E-state index contributed by atoms with van der Waals surface area (Å²) in [6.45, 7) is 4.41. The summed E-state index contributed by atoms with van der Waals surface area (Å²) in [6, 6.07) is 12.9. The summed E-state index contributed by atoms with van der Waals surface area (Å²) < 4.78 is 23.0. The summed E-state index contributed by atoms with van der Waals surface area (Å²) in [5.74, 6) is 2.21. The van der Waals surface area contributed by atoms with Gasteiger partial charge in [0.25, 0.3) is 5.56 Å². The van der Waals surface area contributed by atoms with E-state index in [1.165, 1.54) is 29.0 Å². The van der Waals surface area contributed by atoms with E-state index in [-0.39, 0.29) is 5.56 Å². The molecule has 2 aromatic carbocycles. The fraction of sp³-hybridized carbons (Fsp3) is 0.280. The smallest absolute Gasteiger partial charge is 0.266 e. The zero-order valence-corrected chi connectivity index (χ0v) is 19.8. The number of hydrogen-bond donors (Lipinski definition) is 0. The van der Waals surface area contributed by atoms with Gasteiger partial charge in [0.15, 0.2) is 11.5 Å². The molecule has 9 nitrogen and oxygen atoms in total. The highest BCUT2D eigenvalue weighted by molar-refractivity contribution is 5.66. The number of nitrogens with zero attached hydrogens (tertiary/aromatic N) is 4. The van der Waals surface area contributed by atoms with Gasteiger partial charge in [-0.25, -0.2) is 4.68 Å². The molecule has 0 fully saturated rings. The molecule has 0 saturated carbocycles. The second-order valence-corrected chi connectivity index (χ2v) is 7.75. The van der Waals surface area contributed by atoms with E-state index in [9.17, 15) is 4.79 Å². The summed E-state index contributed by atoms with van der Waals surface area (Å²) in [7, 11) is 4.62. The van der Waals surface area contributed by atoms with Crippen molar-refractivity contribution in [2.45, 2.75) is 26.8 Å². The number of rotatable bonds is 8. The van der Waals surface area contributed by atoms with Crippen molar-refractivity contribution < 1.29 is 18.7 Å². The predicted molar refractivity (Wildman–Crippen MR) is 127 cm³/mol. The first-order valence-corrected chi connectivity index (χ1v) is 10.7. The quantitative estimate of drug-likeness (QED) is 0.389. The van der Waals surface area contributed by atoms with Gasteiger partial charge in [0.1, 0.15) is 0 Å². The van der Waals surface area contributed by atoms with Gasteiger partial charge in [0.05, 0.1) is 33.6 Å². The van der Waals surface area contributed by atoms with Crippen molar-refractivity contribution in [3.05, 3.63) is 69.8 Å². The molecular weight excluding hydrogens is 436 g/mol. The first-order valence-electron chi connectivity index (χ1n) is 10.7. The van der Waals surface area contributed by atoms with Gasteiger partial charge in [-0.15, -0.1) is 0 Å². The van der Waals surface area contributed by atoms with E-state index in [0.717, 1.165) is 11.3 Å². The average molecular weight is 463 g/mol. The molecule has 0 saturated heterocycles. The molecule has 9 heteroatoms. The second-order valence-electron chi connectivity index (χ2n) is 7.75. The van der Waals surface area contributed by atoms with E-state index < -0.39 is 0 Å². The summed E-state index contributed by atoms with van der Waals surface area (Å²) in [5.41, 5.74) is 4.51. The van der Waals surface area contributed by atoms with Crippen LogP contribution < -0.4 is 19.8 Å². The fourth-order valence-electron chi connectivity index (χ4n) is 3.55. The lowest BCUT2D eigenvalue weighted by Crippen LogP contribution is -2.23. The molecule has 4 rings (SSSR count). The first kappa shape index (κ1) is 23.0. The maximum Gasteiger partial charge on any atom is 0.266 e. The van der Waals surface area contributed by atoms with Crippen molar-refractivity contribution in [2.75, 3.05) is 21.3 Å². The minimum Gasteiger partial charge on any atom is -0.493 e. The molecule has 0 bridgehead atoms. The van der Waals surface area contributed by atoms with Gasteiger partial charge in [-0.1, -0.05) is 17.3 Å². The van der Waals surface area contributed by atoms with Crippen LogP contribution in [0.4, 0.5) is 0 Å². The molecule has 0 radical (unpaired) electrons. The van der Waals surface area contributed by atoms with Crippen LogP contribution in [0.2, 0.25) is 0 Å². The zero-order chi connectivity index (χ0) is 24.2. The van der Waals surface area contributed by atoms with E-state index >= 15 is 0 Å². The number of aryl methyl sites for hydroxylation is 4. The highest BCUT2D eigenvalue weighted by Gasteiger charge is 2.17. The third-order valence-electron chi connectivity index (χ3n) is 5.60. The van der Waals surface area contributed by atoms with E-state index in [0.29, 0.717) is 47.5 Å². The molecule has 0 aliphatic heterocycles. The maximum atomic E-state index is 12.4. The maximum absolute atomic E-state index is 12.4. The molecule has 34 heavy (non-hydrogen) atoms. The minimum atomic E-state index is -0.197. The van der Waals surface area contributed by atoms with Crippen LogP contribution in [-0.4, -0.2) is 41.3 Å². The summed E-state index contributed by atoms with van der Waals surface area (Å²) in [4.78, 5) is 16.8. The van der Waals surface area contributed by atoms with E-state index in [1.54, 1.807) is 32.4 Å². The van der Waals surface area contributed by atoms with Crippen molar-refractivity contribution in [1.29, 1.82) is 0 Å². The molecule has 0 aliphatic rings. The molecule has 0 N–H and O–H groups in total. The van der Waals surface area contributed by atoms with Crippen molar-refractivity contribution >= 4 is 0 Å². The van der Waals surface area contributed by atoms with E-state index in [2.05, 4.69) is 35.2 Å². The normalized spacial score (nSPS) is 10.9. The van der Waals surface area contributed by atoms with Crippen molar-refractivity contribution in [3.63, 3.8) is 0 Å². The molecule has 2 aromatic heterocycles. The largest absolute Gasteiger partial charge is 0.493 e. The third kappa shape index (κ3) is 4.63. The van der Waals surface area contributed by atoms with Crippen LogP contribution in [0.15, 0.2) is 51.8 Å². The molecule has 2 heterocycles. The fourth-order valence-corrected chi connectivity index (χ4v) is 3.55. The highest BCUT2D eigenvalue weighted by Crippen LogP contribution is 2.40. The Morgan fingerprint density at radius 3 is 2.26 bits per heavy atom. The zero-order valence-electron chi connectivity index (χ0n) is 19.8.